The van der Waals surface area contributed by atoms with E-state index in [0.29, 0.717) is 27.8 Å². The standard InChI is InChI=1S/C14H19Cl2NO3S/c1-17-14(13-5-3-4-6-21(13,18)19)9-7-11(16)12(20-2)8-10(9)15/h7-8,13-14,17H,3-6H2,1-2H3. The van der Waals surface area contributed by atoms with Crippen LogP contribution in [0.4, 0.5) is 0 Å². The molecule has 1 saturated heterocycles. The van der Waals surface area contributed by atoms with Gasteiger partial charge in [0.25, 0.3) is 0 Å². The summed E-state index contributed by atoms with van der Waals surface area (Å²) in [6.45, 7) is 0. The van der Waals surface area contributed by atoms with Crippen LogP contribution in [0.15, 0.2) is 12.1 Å². The smallest absolute Gasteiger partial charge is 0.155 e. The fourth-order valence-electron chi connectivity index (χ4n) is 2.83. The zero-order chi connectivity index (χ0) is 15.6. The Bertz CT molecular complexity index is 619. The first-order valence-corrected chi connectivity index (χ1v) is 9.29. The van der Waals surface area contributed by atoms with Crippen molar-refractivity contribution in [2.45, 2.75) is 30.6 Å². The average molecular weight is 352 g/mol. The highest BCUT2D eigenvalue weighted by Gasteiger charge is 2.36. The fourth-order valence-corrected chi connectivity index (χ4v) is 5.49. The van der Waals surface area contributed by atoms with Crippen molar-refractivity contribution in [3.05, 3.63) is 27.7 Å². The molecule has 1 fully saturated rings. The molecule has 2 unspecified atom stereocenters. The van der Waals surface area contributed by atoms with Gasteiger partial charge in [-0.1, -0.05) is 29.6 Å². The highest BCUT2D eigenvalue weighted by atomic mass is 35.5. The summed E-state index contributed by atoms with van der Waals surface area (Å²) in [5.74, 6) is 0.712. The topological polar surface area (TPSA) is 55.4 Å². The molecule has 1 N–H and O–H groups in total. The van der Waals surface area contributed by atoms with Crippen LogP contribution in [0.5, 0.6) is 5.75 Å². The van der Waals surface area contributed by atoms with Crippen molar-refractivity contribution in [3.63, 3.8) is 0 Å². The van der Waals surface area contributed by atoms with Gasteiger partial charge in [-0.3, -0.25) is 0 Å². The number of methoxy groups -OCH3 is 1. The average Bonchev–Trinajstić information content (AvgIpc) is 2.44. The maximum Gasteiger partial charge on any atom is 0.155 e. The van der Waals surface area contributed by atoms with E-state index in [1.54, 1.807) is 19.2 Å². The molecule has 4 nitrogen and oxygen atoms in total. The zero-order valence-corrected chi connectivity index (χ0v) is 14.4. The number of sulfone groups is 1. The molecule has 118 valence electrons. The van der Waals surface area contributed by atoms with Crippen molar-refractivity contribution >= 4 is 33.0 Å². The van der Waals surface area contributed by atoms with Gasteiger partial charge < -0.3 is 10.1 Å². The van der Waals surface area contributed by atoms with Crippen LogP contribution in [-0.4, -0.2) is 33.6 Å². The normalized spacial score (nSPS) is 22.8. The number of hydrogen-bond donors (Lipinski definition) is 1. The molecule has 0 aliphatic carbocycles. The number of hydrogen-bond acceptors (Lipinski definition) is 4. The minimum Gasteiger partial charge on any atom is -0.495 e. The van der Waals surface area contributed by atoms with Gasteiger partial charge in [0.05, 0.1) is 29.2 Å². The first-order valence-electron chi connectivity index (χ1n) is 6.82. The van der Waals surface area contributed by atoms with E-state index in [9.17, 15) is 8.42 Å². The van der Waals surface area contributed by atoms with Crippen molar-refractivity contribution in [3.8, 4) is 5.75 Å². The Morgan fingerprint density at radius 1 is 1.29 bits per heavy atom. The fraction of sp³-hybridized carbons (Fsp3) is 0.571. The molecule has 7 heteroatoms. The molecule has 0 aromatic heterocycles. The number of nitrogens with one attached hydrogen (secondary N) is 1. The van der Waals surface area contributed by atoms with Crippen molar-refractivity contribution in [1.82, 2.24) is 5.32 Å². The van der Waals surface area contributed by atoms with Gasteiger partial charge in [0.15, 0.2) is 9.84 Å². The number of halogens is 2. The maximum absolute atomic E-state index is 12.3. The van der Waals surface area contributed by atoms with E-state index in [1.165, 1.54) is 7.11 Å². The van der Waals surface area contributed by atoms with Gasteiger partial charge in [0.1, 0.15) is 5.75 Å². The Morgan fingerprint density at radius 2 is 2.00 bits per heavy atom. The molecular formula is C14H19Cl2NO3S. The minimum atomic E-state index is -3.12. The largest absolute Gasteiger partial charge is 0.495 e. The number of rotatable bonds is 4. The summed E-state index contributed by atoms with van der Waals surface area (Å²) in [6, 6.07) is 2.94. The number of benzene rings is 1. The molecule has 21 heavy (non-hydrogen) atoms. The van der Waals surface area contributed by atoms with Gasteiger partial charge in [-0.2, -0.15) is 0 Å². The molecule has 1 aliphatic heterocycles. The summed E-state index contributed by atoms with van der Waals surface area (Å²) in [7, 11) is 0.128. The molecule has 0 bridgehead atoms. The van der Waals surface area contributed by atoms with E-state index in [0.717, 1.165) is 12.8 Å². The molecular weight excluding hydrogens is 333 g/mol. The lowest BCUT2D eigenvalue weighted by atomic mass is 9.99. The van der Waals surface area contributed by atoms with Crippen LogP contribution in [-0.2, 0) is 9.84 Å². The van der Waals surface area contributed by atoms with Crippen molar-refractivity contribution in [2.24, 2.45) is 0 Å². The quantitative estimate of drug-likeness (QED) is 0.904. The Morgan fingerprint density at radius 3 is 2.57 bits per heavy atom. The molecule has 0 saturated carbocycles. The second-order valence-electron chi connectivity index (χ2n) is 5.18. The molecule has 1 heterocycles. The Labute approximate surface area is 135 Å². The lowest BCUT2D eigenvalue weighted by Crippen LogP contribution is -2.39. The first kappa shape index (κ1) is 16.9. The molecule has 0 amide bonds. The van der Waals surface area contributed by atoms with Crippen LogP contribution in [0.25, 0.3) is 0 Å². The SMILES string of the molecule is CNC(c1cc(Cl)c(OC)cc1Cl)C1CCCCS1(=O)=O. The Hall–Kier alpha value is -0.490. The van der Waals surface area contributed by atoms with Crippen LogP contribution in [0, 0.1) is 0 Å². The third kappa shape index (κ3) is 3.47. The summed E-state index contributed by atoms with van der Waals surface area (Å²) in [5, 5.41) is 3.49. The van der Waals surface area contributed by atoms with Crippen LogP contribution in [0.2, 0.25) is 10.0 Å². The van der Waals surface area contributed by atoms with Crippen LogP contribution in [0.3, 0.4) is 0 Å². The van der Waals surface area contributed by atoms with Crippen LogP contribution < -0.4 is 10.1 Å². The predicted octanol–water partition coefficient (Wildman–Crippen LogP) is 3.23. The highest BCUT2D eigenvalue weighted by Crippen LogP contribution is 2.38. The maximum atomic E-state index is 12.3. The highest BCUT2D eigenvalue weighted by molar-refractivity contribution is 7.92. The minimum absolute atomic E-state index is 0.233. The van der Waals surface area contributed by atoms with E-state index >= 15 is 0 Å². The third-order valence-electron chi connectivity index (χ3n) is 3.92. The summed E-state index contributed by atoms with van der Waals surface area (Å²) in [5.41, 5.74) is 0.695. The second kappa shape index (κ2) is 6.73. The van der Waals surface area contributed by atoms with Gasteiger partial charge in [0.2, 0.25) is 0 Å². The van der Waals surface area contributed by atoms with Gasteiger partial charge in [-0.05, 0) is 31.5 Å². The van der Waals surface area contributed by atoms with Crippen molar-refractivity contribution < 1.29 is 13.2 Å². The molecule has 2 atom stereocenters. The molecule has 1 aliphatic rings. The lowest BCUT2D eigenvalue weighted by Gasteiger charge is -2.31. The summed E-state index contributed by atoms with van der Waals surface area (Å²) in [6.07, 6.45) is 2.27. The van der Waals surface area contributed by atoms with E-state index in [4.69, 9.17) is 27.9 Å². The van der Waals surface area contributed by atoms with Gasteiger partial charge in [-0.15, -0.1) is 0 Å². The van der Waals surface area contributed by atoms with Crippen molar-refractivity contribution in [1.29, 1.82) is 0 Å². The Kier molecular flexibility index (Phi) is 5.41. The predicted molar refractivity (Wildman–Crippen MR) is 86.2 cm³/mol. The summed E-state index contributed by atoms with van der Waals surface area (Å²) < 4.78 is 29.8. The molecule has 2 rings (SSSR count). The monoisotopic (exact) mass is 351 g/mol. The van der Waals surface area contributed by atoms with E-state index in [2.05, 4.69) is 5.32 Å². The first-order chi connectivity index (χ1) is 9.90. The van der Waals surface area contributed by atoms with Gasteiger partial charge >= 0.3 is 0 Å². The third-order valence-corrected chi connectivity index (χ3v) is 6.83. The van der Waals surface area contributed by atoms with Crippen LogP contribution in [0.1, 0.15) is 30.9 Å². The van der Waals surface area contributed by atoms with Gasteiger partial charge in [-0.25, -0.2) is 8.42 Å². The van der Waals surface area contributed by atoms with Crippen LogP contribution >= 0.6 is 23.2 Å². The summed E-state index contributed by atoms with van der Waals surface area (Å²) in [4.78, 5) is 0. The molecule has 0 radical (unpaired) electrons. The van der Waals surface area contributed by atoms with E-state index in [1.807, 2.05) is 0 Å². The molecule has 1 aromatic carbocycles. The lowest BCUT2D eigenvalue weighted by molar-refractivity contribution is 0.414. The summed E-state index contributed by atoms with van der Waals surface area (Å²) >= 11 is 12.4. The van der Waals surface area contributed by atoms with Crippen molar-refractivity contribution in [2.75, 3.05) is 19.9 Å². The van der Waals surface area contributed by atoms with E-state index < -0.39 is 15.1 Å². The zero-order valence-electron chi connectivity index (χ0n) is 12.0. The van der Waals surface area contributed by atoms with Gasteiger partial charge in [0, 0.05) is 11.1 Å². The van der Waals surface area contributed by atoms with E-state index in [-0.39, 0.29) is 11.8 Å². The second-order valence-corrected chi connectivity index (χ2v) is 8.33. The number of ether oxygens (including phenoxy) is 1. The Balaban J connectivity index is 2.44. The molecule has 1 aromatic rings. The molecule has 0 spiro atoms.